The molecule has 0 saturated carbocycles. The van der Waals surface area contributed by atoms with Gasteiger partial charge >= 0.3 is 5.97 Å². The highest BCUT2D eigenvalue weighted by Gasteiger charge is 2.41. The van der Waals surface area contributed by atoms with Crippen molar-refractivity contribution in [2.45, 2.75) is 58.2 Å². The van der Waals surface area contributed by atoms with Gasteiger partial charge in [-0.05, 0) is 52.2 Å². The van der Waals surface area contributed by atoms with Crippen LogP contribution in [-0.4, -0.2) is 58.2 Å². The van der Waals surface area contributed by atoms with Gasteiger partial charge in [-0.15, -0.1) is 0 Å². The Bertz CT molecular complexity index is 745. The Hall–Kier alpha value is -2.70. The number of imide groups is 1. The molecule has 0 N–H and O–H groups in total. The fourth-order valence-corrected chi connectivity index (χ4v) is 3.91. The van der Waals surface area contributed by atoms with Crippen LogP contribution in [0.5, 0.6) is 0 Å². The van der Waals surface area contributed by atoms with Gasteiger partial charge in [0.15, 0.2) is 6.61 Å². The lowest BCUT2D eigenvalue weighted by molar-refractivity contribution is -0.157. The standard InChI is InChI=1S/C20H24N2O5/c1-12-7-6-8-13(2)21(12)17(23)11-27-20(26)14(3)22-18(24)15-9-4-5-10-16(15)19(22)25/h4-5,9-10,12-14H,6-8,11H2,1-3H3/t12-,13+,14-/m1/s1. The van der Waals surface area contributed by atoms with E-state index in [1.807, 2.05) is 13.8 Å². The summed E-state index contributed by atoms with van der Waals surface area (Å²) in [6, 6.07) is 5.54. The highest BCUT2D eigenvalue weighted by molar-refractivity contribution is 6.22. The summed E-state index contributed by atoms with van der Waals surface area (Å²) in [7, 11) is 0. The molecule has 3 amide bonds. The maximum absolute atomic E-state index is 12.5. The first-order valence-corrected chi connectivity index (χ1v) is 9.27. The van der Waals surface area contributed by atoms with Crippen LogP contribution in [0.25, 0.3) is 0 Å². The Morgan fingerprint density at radius 2 is 1.59 bits per heavy atom. The highest BCUT2D eigenvalue weighted by Crippen LogP contribution is 2.25. The van der Waals surface area contributed by atoms with Gasteiger partial charge in [-0.1, -0.05) is 12.1 Å². The van der Waals surface area contributed by atoms with Gasteiger partial charge in [0.25, 0.3) is 17.7 Å². The zero-order valence-electron chi connectivity index (χ0n) is 15.8. The van der Waals surface area contributed by atoms with E-state index in [4.69, 9.17) is 4.74 Å². The summed E-state index contributed by atoms with van der Waals surface area (Å²) in [4.78, 5) is 52.4. The van der Waals surface area contributed by atoms with Crippen molar-refractivity contribution in [3.63, 3.8) is 0 Å². The minimum atomic E-state index is -1.10. The average molecular weight is 372 g/mol. The normalized spacial score (nSPS) is 23.2. The van der Waals surface area contributed by atoms with Gasteiger partial charge in [0, 0.05) is 12.1 Å². The summed E-state index contributed by atoms with van der Waals surface area (Å²) in [6.45, 7) is 5.01. The first-order valence-electron chi connectivity index (χ1n) is 9.27. The van der Waals surface area contributed by atoms with E-state index in [9.17, 15) is 19.2 Å². The number of rotatable bonds is 4. The number of piperidine rings is 1. The number of carbonyl (C=O) groups is 4. The minimum absolute atomic E-state index is 0.105. The van der Waals surface area contributed by atoms with Crippen molar-refractivity contribution in [3.05, 3.63) is 35.4 Å². The topological polar surface area (TPSA) is 84.0 Å². The largest absolute Gasteiger partial charge is 0.454 e. The Morgan fingerprint density at radius 3 is 2.11 bits per heavy atom. The second kappa shape index (κ2) is 7.50. The van der Waals surface area contributed by atoms with Crippen LogP contribution in [0.4, 0.5) is 0 Å². The smallest absolute Gasteiger partial charge is 0.329 e. The second-order valence-corrected chi connectivity index (χ2v) is 7.24. The van der Waals surface area contributed by atoms with E-state index in [1.165, 1.54) is 6.92 Å². The van der Waals surface area contributed by atoms with Crippen LogP contribution < -0.4 is 0 Å². The summed E-state index contributed by atoms with van der Waals surface area (Å²) >= 11 is 0. The molecule has 7 nitrogen and oxygen atoms in total. The molecule has 0 unspecified atom stereocenters. The molecule has 3 atom stereocenters. The SMILES string of the molecule is C[C@H](C(=O)OCC(=O)N1[C@H](C)CCC[C@@H]1C)N1C(=O)c2ccccc2C1=O. The van der Waals surface area contributed by atoms with Crippen LogP contribution in [0.2, 0.25) is 0 Å². The third kappa shape index (κ3) is 3.46. The van der Waals surface area contributed by atoms with Crippen LogP contribution in [0.3, 0.4) is 0 Å². The molecular formula is C20H24N2O5. The monoisotopic (exact) mass is 372 g/mol. The van der Waals surface area contributed by atoms with Crippen LogP contribution in [0.15, 0.2) is 24.3 Å². The Morgan fingerprint density at radius 1 is 1.07 bits per heavy atom. The number of esters is 1. The van der Waals surface area contributed by atoms with E-state index in [2.05, 4.69) is 0 Å². The summed E-state index contributed by atoms with van der Waals surface area (Å²) in [5.41, 5.74) is 0.545. The van der Waals surface area contributed by atoms with Gasteiger partial charge < -0.3 is 9.64 Å². The van der Waals surface area contributed by atoms with Crippen LogP contribution in [-0.2, 0) is 14.3 Å². The fourth-order valence-electron chi connectivity index (χ4n) is 3.91. The van der Waals surface area contributed by atoms with Crippen LogP contribution >= 0.6 is 0 Å². The molecule has 0 spiro atoms. The molecule has 1 aromatic rings. The van der Waals surface area contributed by atoms with E-state index in [1.54, 1.807) is 29.2 Å². The number of hydrogen-bond acceptors (Lipinski definition) is 5. The predicted octanol–water partition coefficient (Wildman–Crippen LogP) is 2.00. The number of benzene rings is 1. The fraction of sp³-hybridized carbons (Fsp3) is 0.500. The Labute approximate surface area is 158 Å². The molecule has 0 bridgehead atoms. The third-order valence-electron chi connectivity index (χ3n) is 5.37. The zero-order valence-corrected chi connectivity index (χ0v) is 15.8. The molecule has 2 aliphatic rings. The van der Waals surface area contributed by atoms with Crippen molar-refractivity contribution in [1.29, 1.82) is 0 Å². The molecule has 2 aliphatic heterocycles. The van der Waals surface area contributed by atoms with Gasteiger partial charge in [0.1, 0.15) is 6.04 Å². The van der Waals surface area contributed by atoms with Crippen LogP contribution in [0.1, 0.15) is 60.7 Å². The van der Waals surface area contributed by atoms with Crippen molar-refractivity contribution in [2.75, 3.05) is 6.61 Å². The van der Waals surface area contributed by atoms with Crippen molar-refractivity contribution >= 4 is 23.7 Å². The summed E-state index contributed by atoms with van der Waals surface area (Å²) < 4.78 is 5.15. The number of hydrogen-bond donors (Lipinski definition) is 0. The van der Waals surface area contributed by atoms with Gasteiger partial charge in [-0.3, -0.25) is 19.3 Å². The molecular weight excluding hydrogens is 348 g/mol. The zero-order chi connectivity index (χ0) is 19.7. The maximum Gasteiger partial charge on any atom is 0.329 e. The number of likely N-dealkylation sites (tertiary alicyclic amines) is 1. The van der Waals surface area contributed by atoms with E-state index in [-0.39, 0.29) is 35.7 Å². The van der Waals surface area contributed by atoms with Gasteiger partial charge in [-0.2, -0.15) is 0 Å². The van der Waals surface area contributed by atoms with Gasteiger partial charge in [-0.25, -0.2) is 4.79 Å². The first kappa shape index (κ1) is 19.1. The number of fused-ring (bicyclic) bond motifs is 1. The summed E-state index contributed by atoms with van der Waals surface area (Å²) in [6.07, 6.45) is 2.92. The number of ether oxygens (including phenoxy) is 1. The lowest BCUT2D eigenvalue weighted by Crippen LogP contribution is -2.50. The van der Waals surface area contributed by atoms with Crippen molar-refractivity contribution in [3.8, 4) is 0 Å². The van der Waals surface area contributed by atoms with Crippen molar-refractivity contribution in [2.24, 2.45) is 0 Å². The summed E-state index contributed by atoms with van der Waals surface area (Å²) in [5, 5.41) is 0. The second-order valence-electron chi connectivity index (χ2n) is 7.24. The molecule has 2 heterocycles. The quantitative estimate of drug-likeness (QED) is 0.596. The number of amides is 3. The molecule has 0 aliphatic carbocycles. The van der Waals surface area contributed by atoms with Crippen LogP contribution in [0, 0.1) is 0 Å². The third-order valence-corrected chi connectivity index (χ3v) is 5.37. The van der Waals surface area contributed by atoms with Crippen molar-refractivity contribution in [1.82, 2.24) is 9.80 Å². The van der Waals surface area contributed by atoms with E-state index >= 15 is 0 Å². The van der Waals surface area contributed by atoms with E-state index < -0.39 is 23.8 Å². The molecule has 0 radical (unpaired) electrons. The molecule has 3 rings (SSSR count). The molecule has 0 aromatic heterocycles. The van der Waals surface area contributed by atoms with E-state index in [0.29, 0.717) is 0 Å². The van der Waals surface area contributed by atoms with E-state index in [0.717, 1.165) is 24.2 Å². The molecule has 7 heteroatoms. The van der Waals surface area contributed by atoms with Gasteiger partial charge in [0.2, 0.25) is 0 Å². The van der Waals surface area contributed by atoms with Crippen molar-refractivity contribution < 1.29 is 23.9 Å². The number of carbonyl (C=O) groups excluding carboxylic acids is 4. The van der Waals surface area contributed by atoms with Gasteiger partial charge in [0.05, 0.1) is 11.1 Å². The lowest BCUT2D eigenvalue weighted by atomic mass is 9.97. The average Bonchev–Trinajstić information content (AvgIpc) is 2.90. The minimum Gasteiger partial charge on any atom is -0.454 e. The lowest BCUT2D eigenvalue weighted by Gasteiger charge is -2.39. The first-order chi connectivity index (χ1) is 12.8. The Balaban J connectivity index is 1.62. The molecule has 144 valence electrons. The predicted molar refractivity (Wildman–Crippen MR) is 97.0 cm³/mol. The molecule has 1 aromatic carbocycles. The summed E-state index contributed by atoms with van der Waals surface area (Å²) in [5.74, 6) is -2.07. The maximum atomic E-state index is 12.5. The highest BCUT2D eigenvalue weighted by atomic mass is 16.5. The molecule has 1 fully saturated rings. The molecule has 27 heavy (non-hydrogen) atoms. The number of nitrogens with zero attached hydrogens (tertiary/aromatic N) is 2. The molecule has 1 saturated heterocycles. The Kier molecular flexibility index (Phi) is 5.30.